The van der Waals surface area contributed by atoms with Gasteiger partial charge in [-0.15, -0.1) is 0 Å². The predicted octanol–water partition coefficient (Wildman–Crippen LogP) is 1.42. The SMILES string of the molecule is CCC(N)(C#N)CCCN(C)C1CCCN(C)C1. The van der Waals surface area contributed by atoms with Gasteiger partial charge in [0.15, 0.2) is 0 Å². The van der Waals surface area contributed by atoms with Gasteiger partial charge in [0.1, 0.15) is 5.54 Å². The molecule has 0 aromatic rings. The van der Waals surface area contributed by atoms with Gasteiger partial charge in [0.05, 0.1) is 6.07 Å². The zero-order chi connectivity index (χ0) is 13.6. The molecule has 2 N–H and O–H groups in total. The molecule has 0 amide bonds. The Hall–Kier alpha value is -0.630. The van der Waals surface area contributed by atoms with Crippen LogP contribution in [0.25, 0.3) is 0 Å². The largest absolute Gasteiger partial charge is 0.313 e. The third-order valence-corrected chi connectivity index (χ3v) is 4.21. The van der Waals surface area contributed by atoms with Crippen molar-refractivity contribution in [2.24, 2.45) is 5.73 Å². The molecule has 104 valence electrons. The summed E-state index contributed by atoms with van der Waals surface area (Å²) >= 11 is 0. The molecule has 0 bridgehead atoms. The topological polar surface area (TPSA) is 56.3 Å². The minimum absolute atomic E-state index is 0.621. The van der Waals surface area contributed by atoms with Crippen molar-refractivity contribution >= 4 is 0 Å². The number of hydrogen-bond donors (Lipinski definition) is 1. The summed E-state index contributed by atoms with van der Waals surface area (Å²) < 4.78 is 0. The lowest BCUT2D eigenvalue weighted by molar-refractivity contribution is 0.131. The van der Waals surface area contributed by atoms with Crippen LogP contribution in [-0.4, -0.2) is 55.1 Å². The summed E-state index contributed by atoms with van der Waals surface area (Å²) in [5.41, 5.74) is 5.37. The van der Waals surface area contributed by atoms with Crippen molar-refractivity contribution in [1.29, 1.82) is 5.26 Å². The van der Waals surface area contributed by atoms with Gasteiger partial charge in [0.25, 0.3) is 0 Å². The van der Waals surface area contributed by atoms with Gasteiger partial charge in [-0.25, -0.2) is 0 Å². The molecule has 4 nitrogen and oxygen atoms in total. The molecule has 0 aromatic carbocycles. The van der Waals surface area contributed by atoms with Gasteiger partial charge >= 0.3 is 0 Å². The van der Waals surface area contributed by atoms with Gasteiger partial charge < -0.3 is 15.5 Å². The van der Waals surface area contributed by atoms with Crippen molar-refractivity contribution < 1.29 is 0 Å². The van der Waals surface area contributed by atoms with E-state index < -0.39 is 5.54 Å². The Morgan fingerprint density at radius 2 is 2.28 bits per heavy atom. The van der Waals surface area contributed by atoms with Crippen LogP contribution in [0.5, 0.6) is 0 Å². The molecule has 1 saturated heterocycles. The molecule has 18 heavy (non-hydrogen) atoms. The highest BCUT2D eigenvalue weighted by Crippen LogP contribution is 2.16. The number of nitrogens with zero attached hydrogens (tertiary/aromatic N) is 3. The molecule has 1 aliphatic heterocycles. The van der Waals surface area contributed by atoms with Crippen LogP contribution in [0.4, 0.5) is 0 Å². The lowest BCUT2D eigenvalue weighted by Gasteiger charge is -2.36. The molecule has 1 aliphatic rings. The molecule has 1 heterocycles. The van der Waals surface area contributed by atoms with Crippen LogP contribution in [0, 0.1) is 11.3 Å². The average Bonchev–Trinajstić information content (AvgIpc) is 2.38. The van der Waals surface area contributed by atoms with Crippen LogP contribution in [0.3, 0.4) is 0 Å². The Morgan fingerprint density at radius 1 is 1.56 bits per heavy atom. The van der Waals surface area contributed by atoms with E-state index in [4.69, 9.17) is 11.0 Å². The van der Waals surface area contributed by atoms with Crippen LogP contribution in [0.2, 0.25) is 0 Å². The quantitative estimate of drug-likeness (QED) is 0.777. The third-order valence-electron chi connectivity index (χ3n) is 4.21. The molecule has 0 spiro atoms. The second-order valence-corrected chi connectivity index (χ2v) is 5.76. The fraction of sp³-hybridized carbons (Fsp3) is 0.929. The highest BCUT2D eigenvalue weighted by atomic mass is 15.2. The van der Waals surface area contributed by atoms with Crippen molar-refractivity contribution in [2.45, 2.75) is 50.6 Å². The first-order chi connectivity index (χ1) is 8.50. The normalized spacial score (nSPS) is 24.8. The Balaban J connectivity index is 2.28. The maximum atomic E-state index is 9.04. The highest BCUT2D eigenvalue weighted by molar-refractivity contribution is 5.03. The molecule has 1 rings (SSSR count). The van der Waals surface area contributed by atoms with Gasteiger partial charge in [-0.05, 0) is 59.3 Å². The average molecular weight is 252 g/mol. The predicted molar refractivity (Wildman–Crippen MR) is 75.2 cm³/mol. The van der Waals surface area contributed by atoms with E-state index in [0.29, 0.717) is 6.04 Å². The molecule has 2 atom stereocenters. The van der Waals surface area contributed by atoms with E-state index in [1.54, 1.807) is 0 Å². The van der Waals surface area contributed by atoms with Gasteiger partial charge in [-0.3, -0.25) is 0 Å². The fourth-order valence-corrected chi connectivity index (χ4v) is 2.64. The maximum absolute atomic E-state index is 9.04. The van der Waals surface area contributed by atoms with Crippen molar-refractivity contribution in [3.8, 4) is 6.07 Å². The summed E-state index contributed by atoms with van der Waals surface area (Å²) in [7, 11) is 4.39. The molecule has 0 aromatic heterocycles. The van der Waals surface area contributed by atoms with Crippen molar-refractivity contribution in [3.63, 3.8) is 0 Å². The minimum Gasteiger partial charge on any atom is -0.313 e. The van der Waals surface area contributed by atoms with Crippen LogP contribution >= 0.6 is 0 Å². The Bertz CT molecular complexity index is 286. The molecule has 0 saturated carbocycles. The standard InChI is InChI=1S/C14H28N4/c1-4-14(16,12-15)8-6-10-18(3)13-7-5-9-17(2)11-13/h13H,4-11,16H2,1-3H3. The van der Waals surface area contributed by atoms with E-state index in [2.05, 4.69) is 30.0 Å². The number of hydrogen-bond acceptors (Lipinski definition) is 4. The zero-order valence-corrected chi connectivity index (χ0v) is 12.2. The molecular weight excluding hydrogens is 224 g/mol. The van der Waals surface area contributed by atoms with Gasteiger partial charge in [-0.2, -0.15) is 5.26 Å². The molecule has 4 heteroatoms. The summed E-state index contributed by atoms with van der Waals surface area (Å²) in [6.45, 7) is 5.42. The van der Waals surface area contributed by atoms with E-state index in [0.717, 1.165) is 32.4 Å². The van der Waals surface area contributed by atoms with Gasteiger partial charge in [0.2, 0.25) is 0 Å². The number of nitriles is 1. The second kappa shape index (κ2) is 7.08. The Labute approximate surface area is 112 Å². The minimum atomic E-state index is -0.621. The zero-order valence-electron chi connectivity index (χ0n) is 12.2. The van der Waals surface area contributed by atoms with Crippen LogP contribution in [0.1, 0.15) is 39.0 Å². The van der Waals surface area contributed by atoms with E-state index in [1.165, 1.54) is 19.4 Å². The lowest BCUT2D eigenvalue weighted by atomic mass is 9.93. The number of rotatable bonds is 6. The van der Waals surface area contributed by atoms with Crippen LogP contribution < -0.4 is 5.73 Å². The van der Waals surface area contributed by atoms with E-state index in [1.807, 2.05) is 6.92 Å². The molecule has 1 fully saturated rings. The first-order valence-corrected chi connectivity index (χ1v) is 7.09. The smallest absolute Gasteiger partial charge is 0.104 e. The molecular formula is C14H28N4. The highest BCUT2D eigenvalue weighted by Gasteiger charge is 2.24. The summed E-state index contributed by atoms with van der Waals surface area (Å²) in [5, 5.41) is 9.04. The van der Waals surface area contributed by atoms with Crippen LogP contribution in [-0.2, 0) is 0 Å². The monoisotopic (exact) mass is 252 g/mol. The Morgan fingerprint density at radius 3 is 2.83 bits per heavy atom. The number of likely N-dealkylation sites (N-methyl/N-ethyl adjacent to an activating group) is 2. The summed E-state index contributed by atoms with van der Waals surface area (Å²) in [6, 6.07) is 2.91. The lowest BCUT2D eigenvalue weighted by Crippen LogP contribution is -2.45. The maximum Gasteiger partial charge on any atom is 0.104 e. The first kappa shape index (κ1) is 15.4. The van der Waals surface area contributed by atoms with E-state index >= 15 is 0 Å². The van der Waals surface area contributed by atoms with Crippen molar-refractivity contribution in [1.82, 2.24) is 9.80 Å². The second-order valence-electron chi connectivity index (χ2n) is 5.76. The summed E-state index contributed by atoms with van der Waals surface area (Å²) in [6.07, 6.45) is 5.13. The molecule has 2 unspecified atom stereocenters. The number of piperidine rings is 1. The van der Waals surface area contributed by atoms with Crippen LogP contribution in [0.15, 0.2) is 0 Å². The molecule has 0 aliphatic carbocycles. The Kier molecular flexibility index (Phi) is 6.07. The summed E-state index contributed by atoms with van der Waals surface area (Å²) in [5.74, 6) is 0. The van der Waals surface area contributed by atoms with Gasteiger partial charge in [-0.1, -0.05) is 6.92 Å². The number of nitrogens with two attached hydrogens (primary N) is 1. The third kappa shape index (κ3) is 4.56. The summed E-state index contributed by atoms with van der Waals surface area (Å²) in [4.78, 5) is 4.84. The number of likely N-dealkylation sites (tertiary alicyclic amines) is 1. The first-order valence-electron chi connectivity index (χ1n) is 7.09. The van der Waals surface area contributed by atoms with Crippen molar-refractivity contribution in [2.75, 3.05) is 33.7 Å². The van der Waals surface area contributed by atoms with E-state index in [-0.39, 0.29) is 0 Å². The van der Waals surface area contributed by atoms with Gasteiger partial charge in [0, 0.05) is 12.6 Å². The fourth-order valence-electron chi connectivity index (χ4n) is 2.64. The van der Waals surface area contributed by atoms with E-state index in [9.17, 15) is 0 Å². The van der Waals surface area contributed by atoms with Crippen molar-refractivity contribution in [3.05, 3.63) is 0 Å². The molecule has 0 radical (unpaired) electrons.